The first-order valence-electron chi connectivity index (χ1n) is 7.26. The SMILES string of the molecule is CCOC(=O)c1nnn(CCOCCOC)c1CC(C)C. The largest absolute Gasteiger partial charge is 0.461 e. The summed E-state index contributed by atoms with van der Waals surface area (Å²) in [5.41, 5.74) is 1.11. The van der Waals surface area contributed by atoms with Crippen LogP contribution in [0.2, 0.25) is 0 Å². The van der Waals surface area contributed by atoms with Gasteiger partial charge in [-0.3, -0.25) is 0 Å². The lowest BCUT2D eigenvalue weighted by Gasteiger charge is -2.10. The molecule has 1 aromatic rings. The van der Waals surface area contributed by atoms with Crippen molar-refractivity contribution in [2.45, 2.75) is 33.7 Å². The normalized spacial score (nSPS) is 11.1. The molecule has 1 rings (SSSR count). The molecule has 0 fully saturated rings. The molecule has 0 unspecified atom stereocenters. The van der Waals surface area contributed by atoms with Gasteiger partial charge in [0, 0.05) is 7.11 Å². The van der Waals surface area contributed by atoms with E-state index in [4.69, 9.17) is 14.2 Å². The lowest BCUT2D eigenvalue weighted by Crippen LogP contribution is -2.16. The fourth-order valence-electron chi connectivity index (χ4n) is 1.85. The third-order valence-electron chi connectivity index (χ3n) is 2.79. The number of nitrogens with zero attached hydrogens (tertiary/aromatic N) is 3. The predicted octanol–water partition coefficient (Wildman–Crippen LogP) is 1.32. The monoisotopic (exact) mass is 299 g/mol. The van der Waals surface area contributed by atoms with Crippen molar-refractivity contribution in [2.75, 3.05) is 33.5 Å². The first-order chi connectivity index (χ1) is 10.1. The summed E-state index contributed by atoms with van der Waals surface area (Å²) < 4.78 is 17.1. The van der Waals surface area contributed by atoms with Gasteiger partial charge in [0.15, 0.2) is 5.69 Å². The average molecular weight is 299 g/mol. The highest BCUT2D eigenvalue weighted by Gasteiger charge is 2.21. The third kappa shape index (κ3) is 5.81. The Morgan fingerprint density at radius 1 is 1.29 bits per heavy atom. The maximum Gasteiger partial charge on any atom is 0.360 e. The van der Waals surface area contributed by atoms with Crippen LogP contribution in [0.5, 0.6) is 0 Å². The van der Waals surface area contributed by atoms with E-state index in [2.05, 4.69) is 24.2 Å². The summed E-state index contributed by atoms with van der Waals surface area (Å²) >= 11 is 0. The molecule has 0 aliphatic rings. The van der Waals surface area contributed by atoms with Crippen molar-refractivity contribution < 1.29 is 19.0 Å². The molecule has 0 N–H and O–H groups in total. The molecule has 0 atom stereocenters. The topological polar surface area (TPSA) is 75.5 Å². The van der Waals surface area contributed by atoms with E-state index >= 15 is 0 Å². The average Bonchev–Trinajstić information content (AvgIpc) is 2.81. The van der Waals surface area contributed by atoms with Crippen LogP contribution in [0.25, 0.3) is 0 Å². The van der Waals surface area contributed by atoms with Crippen LogP contribution in [-0.2, 0) is 27.2 Å². The van der Waals surface area contributed by atoms with Gasteiger partial charge >= 0.3 is 5.97 Å². The van der Waals surface area contributed by atoms with Gasteiger partial charge in [0.05, 0.1) is 38.7 Å². The Hall–Kier alpha value is -1.47. The van der Waals surface area contributed by atoms with Crippen LogP contribution in [0, 0.1) is 5.92 Å². The smallest absolute Gasteiger partial charge is 0.360 e. The molecule has 1 aromatic heterocycles. The molecule has 0 spiro atoms. The summed E-state index contributed by atoms with van der Waals surface area (Å²) in [5.74, 6) is -0.0236. The highest BCUT2D eigenvalue weighted by molar-refractivity contribution is 5.88. The number of hydrogen-bond acceptors (Lipinski definition) is 6. The lowest BCUT2D eigenvalue weighted by atomic mass is 10.1. The summed E-state index contributed by atoms with van der Waals surface area (Å²) in [6.45, 7) is 8.42. The van der Waals surface area contributed by atoms with Crippen molar-refractivity contribution in [1.82, 2.24) is 15.0 Å². The number of methoxy groups -OCH3 is 1. The van der Waals surface area contributed by atoms with E-state index in [-0.39, 0.29) is 0 Å². The molecule has 7 heteroatoms. The van der Waals surface area contributed by atoms with Crippen LogP contribution >= 0.6 is 0 Å². The minimum Gasteiger partial charge on any atom is -0.461 e. The second-order valence-corrected chi connectivity index (χ2v) is 5.03. The van der Waals surface area contributed by atoms with Crippen LogP contribution in [0.3, 0.4) is 0 Å². The van der Waals surface area contributed by atoms with Crippen molar-refractivity contribution in [3.8, 4) is 0 Å². The van der Waals surface area contributed by atoms with Crippen LogP contribution in [0.4, 0.5) is 0 Å². The minimum atomic E-state index is -0.417. The van der Waals surface area contributed by atoms with Crippen LogP contribution in [-0.4, -0.2) is 54.5 Å². The minimum absolute atomic E-state index is 0.308. The Morgan fingerprint density at radius 3 is 2.67 bits per heavy atom. The van der Waals surface area contributed by atoms with Gasteiger partial charge in [0.1, 0.15) is 0 Å². The van der Waals surface area contributed by atoms with Gasteiger partial charge < -0.3 is 14.2 Å². The van der Waals surface area contributed by atoms with Crippen molar-refractivity contribution in [2.24, 2.45) is 5.92 Å². The number of carbonyl (C=O) groups excluding carboxylic acids is 1. The van der Waals surface area contributed by atoms with E-state index in [1.807, 2.05) is 0 Å². The number of esters is 1. The molecule has 120 valence electrons. The number of rotatable bonds is 10. The molecule has 7 nitrogen and oxygen atoms in total. The highest BCUT2D eigenvalue weighted by atomic mass is 16.5. The molecule has 0 aliphatic carbocycles. The quantitative estimate of drug-likeness (QED) is 0.479. The van der Waals surface area contributed by atoms with E-state index in [0.717, 1.165) is 12.1 Å². The Morgan fingerprint density at radius 2 is 2.05 bits per heavy atom. The molecular weight excluding hydrogens is 274 g/mol. The Labute approximate surface area is 125 Å². The second-order valence-electron chi connectivity index (χ2n) is 5.03. The molecule has 0 aliphatic heterocycles. The summed E-state index contributed by atoms with van der Waals surface area (Å²) in [6, 6.07) is 0. The third-order valence-corrected chi connectivity index (χ3v) is 2.79. The number of carbonyl (C=O) groups is 1. The zero-order valence-electron chi connectivity index (χ0n) is 13.3. The Bertz CT molecular complexity index is 432. The van der Waals surface area contributed by atoms with E-state index < -0.39 is 5.97 Å². The molecular formula is C14H25N3O4. The molecule has 0 saturated carbocycles. The predicted molar refractivity (Wildman–Crippen MR) is 77.2 cm³/mol. The molecule has 0 saturated heterocycles. The van der Waals surface area contributed by atoms with Crippen LogP contribution in [0.1, 0.15) is 37.0 Å². The molecule has 0 radical (unpaired) electrons. The zero-order valence-corrected chi connectivity index (χ0v) is 13.3. The van der Waals surface area contributed by atoms with Crippen molar-refractivity contribution in [1.29, 1.82) is 0 Å². The van der Waals surface area contributed by atoms with Gasteiger partial charge in [-0.2, -0.15) is 0 Å². The van der Waals surface area contributed by atoms with Crippen molar-refractivity contribution in [3.63, 3.8) is 0 Å². The van der Waals surface area contributed by atoms with Gasteiger partial charge in [0.25, 0.3) is 0 Å². The Kier molecular flexibility index (Phi) is 7.92. The van der Waals surface area contributed by atoms with Gasteiger partial charge in [-0.25, -0.2) is 9.48 Å². The summed E-state index contributed by atoms with van der Waals surface area (Å²) in [5, 5.41) is 8.01. The number of aromatic nitrogens is 3. The first kappa shape index (κ1) is 17.6. The van der Waals surface area contributed by atoms with E-state index in [1.165, 1.54) is 0 Å². The number of hydrogen-bond donors (Lipinski definition) is 0. The van der Waals surface area contributed by atoms with Gasteiger partial charge in [-0.1, -0.05) is 19.1 Å². The van der Waals surface area contributed by atoms with Gasteiger partial charge in [0.2, 0.25) is 0 Å². The van der Waals surface area contributed by atoms with Crippen molar-refractivity contribution >= 4 is 5.97 Å². The fourth-order valence-corrected chi connectivity index (χ4v) is 1.85. The molecule has 1 heterocycles. The molecule has 0 amide bonds. The van der Waals surface area contributed by atoms with Gasteiger partial charge in [-0.05, 0) is 19.3 Å². The fraction of sp³-hybridized carbons (Fsp3) is 0.786. The van der Waals surface area contributed by atoms with E-state index in [9.17, 15) is 4.79 Å². The molecule has 21 heavy (non-hydrogen) atoms. The maximum atomic E-state index is 11.9. The maximum absolute atomic E-state index is 11.9. The zero-order chi connectivity index (χ0) is 15.7. The highest BCUT2D eigenvalue weighted by Crippen LogP contribution is 2.13. The van der Waals surface area contributed by atoms with Gasteiger partial charge in [-0.15, -0.1) is 5.10 Å². The summed E-state index contributed by atoms with van der Waals surface area (Å²) in [7, 11) is 1.63. The van der Waals surface area contributed by atoms with E-state index in [0.29, 0.717) is 44.6 Å². The Balaban J connectivity index is 2.71. The molecule has 0 bridgehead atoms. The number of ether oxygens (including phenoxy) is 3. The van der Waals surface area contributed by atoms with Crippen LogP contribution in [0.15, 0.2) is 0 Å². The van der Waals surface area contributed by atoms with Crippen LogP contribution < -0.4 is 0 Å². The van der Waals surface area contributed by atoms with E-state index in [1.54, 1.807) is 18.7 Å². The summed E-state index contributed by atoms with van der Waals surface area (Å²) in [6.07, 6.45) is 0.721. The standard InChI is InChI=1S/C14H25N3O4/c1-5-21-14(18)13-12(10-11(2)3)17(16-15-13)6-7-20-9-8-19-4/h11H,5-10H2,1-4H3. The molecule has 0 aromatic carbocycles. The lowest BCUT2D eigenvalue weighted by molar-refractivity contribution is 0.0517. The first-order valence-corrected chi connectivity index (χ1v) is 7.26. The van der Waals surface area contributed by atoms with Crippen molar-refractivity contribution in [3.05, 3.63) is 11.4 Å². The second kappa shape index (κ2) is 9.46. The summed E-state index contributed by atoms with van der Waals surface area (Å²) in [4.78, 5) is 11.9.